The lowest BCUT2D eigenvalue weighted by atomic mass is 10.2. The molecule has 0 aliphatic carbocycles. The van der Waals surface area contributed by atoms with E-state index in [2.05, 4.69) is 25.7 Å². The summed E-state index contributed by atoms with van der Waals surface area (Å²) in [6.45, 7) is 5.83. The summed E-state index contributed by atoms with van der Waals surface area (Å²) in [5, 5.41) is 3.23. The van der Waals surface area contributed by atoms with Crippen molar-refractivity contribution in [2.24, 2.45) is 5.84 Å². The molecule has 0 fully saturated rings. The first kappa shape index (κ1) is 14.4. The summed E-state index contributed by atoms with van der Waals surface area (Å²) in [7, 11) is 0. The zero-order valence-electron chi connectivity index (χ0n) is 11.5. The summed E-state index contributed by atoms with van der Waals surface area (Å²) < 4.78 is 0. The highest BCUT2D eigenvalue weighted by molar-refractivity contribution is 7.15. The van der Waals surface area contributed by atoms with Crippen molar-refractivity contribution in [3.63, 3.8) is 0 Å². The Bertz CT molecular complexity index is 624. The normalized spacial score (nSPS) is 10.7. The summed E-state index contributed by atoms with van der Waals surface area (Å²) in [6, 6.07) is 0. The Morgan fingerprint density at radius 3 is 2.65 bits per heavy atom. The van der Waals surface area contributed by atoms with Gasteiger partial charge in [0.05, 0.1) is 11.9 Å². The molecule has 0 aliphatic heterocycles. The molecule has 7 nitrogen and oxygen atoms in total. The average Bonchev–Trinajstić information content (AvgIpc) is 2.83. The fourth-order valence-corrected chi connectivity index (χ4v) is 2.18. The van der Waals surface area contributed by atoms with Crippen LogP contribution in [0, 0.1) is 6.92 Å². The lowest BCUT2D eigenvalue weighted by Crippen LogP contribution is -2.20. The molecular weight excluding hydrogens is 276 g/mol. The SMILES string of the molecule is Cc1cnc(NC(=O)c2nc(C(C)C)ncc2NN)s1. The Labute approximate surface area is 120 Å². The van der Waals surface area contributed by atoms with Crippen LogP contribution in [0.25, 0.3) is 0 Å². The number of hydrogen-bond donors (Lipinski definition) is 3. The minimum absolute atomic E-state index is 0.121. The van der Waals surface area contributed by atoms with E-state index in [1.807, 2.05) is 20.8 Å². The van der Waals surface area contributed by atoms with Gasteiger partial charge in [-0.2, -0.15) is 0 Å². The van der Waals surface area contributed by atoms with Gasteiger partial charge in [-0.25, -0.2) is 15.0 Å². The van der Waals surface area contributed by atoms with Crippen LogP contribution in [0.5, 0.6) is 0 Å². The zero-order chi connectivity index (χ0) is 14.7. The molecule has 2 rings (SSSR count). The maximum atomic E-state index is 12.2. The molecule has 0 unspecified atom stereocenters. The maximum Gasteiger partial charge on any atom is 0.278 e. The van der Waals surface area contributed by atoms with E-state index in [-0.39, 0.29) is 17.5 Å². The second-order valence-electron chi connectivity index (χ2n) is 4.52. The average molecular weight is 292 g/mol. The monoisotopic (exact) mass is 292 g/mol. The van der Waals surface area contributed by atoms with Gasteiger partial charge in [-0.05, 0) is 6.92 Å². The second kappa shape index (κ2) is 5.93. The predicted octanol–water partition coefficient (Wildman–Crippen LogP) is 1.90. The number of amides is 1. The van der Waals surface area contributed by atoms with E-state index in [1.54, 1.807) is 6.20 Å². The van der Waals surface area contributed by atoms with E-state index < -0.39 is 0 Å². The minimum Gasteiger partial charge on any atom is -0.321 e. The molecule has 0 saturated heterocycles. The first-order valence-corrected chi connectivity index (χ1v) is 6.90. The van der Waals surface area contributed by atoms with Crippen LogP contribution in [0.1, 0.15) is 41.0 Å². The van der Waals surface area contributed by atoms with Gasteiger partial charge in [0.15, 0.2) is 10.8 Å². The standard InChI is InChI=1S/C12H16N6OS/c1-6(2)10-14-5-8(18-13)9(16-10)11(19)17-12-15-4-7(3)20-12/h4-6,18H,13H2,1-3H3,(H,15,17,19). The molecule has 0 aliphatic rings. The van der Waals surface area contributed by atoms with Crippen LogP contribution in [-0.4, -0.2) is 20.9 Å². The molecule has 8 heteroatoms. The van der Waals surface area contributed by atoms with Crippen LogP contribution >= 0.6 is 11.3 Å². The fourth-order valence-electron chi connectivity index (χ4n) is 1.52. The molecule has 106 valence electrons. The number of nitrogens with zero attached hydrogens (tertiary/aromatic N) is 3. The van der Waals surface area contributed by atoms with Crippen LogP contribution in [0.15, 0.2) is 12.4 Å². The van der Waals surface area contributed by atoms with E-state index >= 15 is 0 Å². The quantitative estimate of drug-likeness (QED) is 0.587. The molecule has 0 saturated carbocycles. The van der Waals surface area contributed by atoms with Gasteiger partial charge in [0.1, 0.15) is 5.82 Å². The molecule has 2 aromatic heterocycles. The van der Waals surface area contributed by atoms with Crippen LogP contribution < -0.4 is 16.6 Å². The van der Waals surface area contributed by atoms with Crippen LogP contribution in [-0.2, 0) is 0 Å². The molecule has 4 N–H and O–H groups in total. The Hall–Kier alpha value is -2.06. The fraction of sp³-hybridized carbons (Fsp3) is 0.333. The summed E-state index contributed by atoms with van der Waals surface area (Å²) in [5.74, 6) is 5.73. The number of thiazole rings is 1. The highest BCUT2D eigenvalue weighted by Gasteiger charge is 2.17. The van der Waals surface area contributed by atoms with Crippen molar-refractivity contribution in [2.45, 2.75) is 26.7 Å². The van der Waals surface area contributed by atoms with Crippen LogP contribution in [0.2, 0.25) is 0 Å². The lowest BCUT2D eigenvalue weighted by molar-refractivity contribution is 0.102. The minimum atomic E-state index is -0.364. The molecule has 0 aromatic carbocycles. The molecule has 2 aromatic rings. The maximum absolute atomic E-state index is 12.2. The summed E-state index contributed by atoms with van der Waals surface area (Å²) in [6.07, 6.45) is 3.20. The molecular formula is C12H16N6OS. The van der Waals surface area contributed by atoms with Gasteiger partial charge in [-0.15, -0.1) is 11.3 Å². The third-order valence-electron chi connectivity index (χ3n) is 2.54. The Kier molecular flexibility index (Phi) is 4.26. The van der Waals surface area contributed by atoms with Crippen molar-refractivity contribution >= 4 is 28.1 Å². The van der Waals surface area contributed by atoms with Crippen LogP contribution in [0.3, 0.4) is 0 Å². The number of carbonyl (C=O) groups excluding carboxylic acids is 1. The Morgan fingerprint density at radius 1 is 1.35 bits per heavy atom. The Morgan fingerprint density at radius 2 is 2.10 bits per heavy atom. The summed E-state index contributed by atoms with van der Waals surface area (Å²) in [5.41, 5.74) is 3.01. The number of nitrogen functional groups attached to an aromatic ring is 1. The van der Waals surface area contributed by atoms with Crippen molar-refractivity contribution in [3.8, 4) is 0 Å². The summed E-state index contributed by atoms with van der Waals surface area (Å²) in [4.78, 5) is 25.8. The van der Waals surface area contributed by atoms with Crippen molar-refractivity contribution in [2.75, 3.05) is 10.7 Å². The van der Waals surface area contributed by atoms with E-state index in [4.69, 9.17) is 5.84 Å². The van der Waals surface area contributed by atoms with Gasteiger partial charge in [-0.3, -0.25) is 16.0 Å². The number of aromatic nitrogens is 3. The van der Waals surface area contributed by atoms with Gasteiger partial charge in [-0.1, -0.05) is 13.8 Å². The number of nitrogens with one attached hydrogen (secondary N) is 2. The van der Waals surface area contributed by atoms with E-state index in [0.29, 0.717) is 16.6 Å². The first-order chi connectivity index (χ1) is 9.51. The molecule has 0 radical (unpaired) electrons. The van der Waals surface area contributed by atoms with E-state index in [1.165, 1.54) is 17.5 Å². The second-order valence-corrected chi connectivity index (χ2v) is 5.75. The molecule has 20 heavy (non-hydrogen) atoms. The van der Waals surface area contributed by atoms with Crippen molar-refractivity contribution in [1.82, 2.24) is 15.0 Å². The van der Waals surface area contributed by atoms with Gasteiger partial charge in [0.25, 0.3) is 5.91 Å². The van der Waals surface area contributed by atoms with E-state index in [9.17, 15) is 4.79 Å². The lowest BCUT2D eigenvalue weighted by Gasteiger charge is -2.10. The molecule has 0 atom stereocenters. The van der Waals surface area contributed by atoms with Gasteiger partial charge in [0, 0.05) is 17.0 Å². The first-order valence-electron chi connectivity index (χ1n) is 6.08. The van der Waals surface area contributed by atoms with Crippen molar-refractivity contribution in [3.05, 3.63) is 28.8 Å². The molecule has 0 bridgehead atoms. The number of aryl methyl sites for hydroxylation is 1. The largest absolute Gasteiger partial charge is 0.321 e. The zero-order valence-corrected chi connectivity index (χ0v) is 12.3. The number of hydrogen-bond acceptors (Lipinski definition) is 7. The van der Waals surface area contributed by atoms with E-state index in [0.717, 1.165) is 4.88 Å². The van der Waals surface area contributed by atoms with Crippen molar-refractivity contribution < 1.29 is 4.79 Å². The van der Waals surface area contributed by atoms with Crippen molar-refractivity contribution in [1.29, 1.82) is 0 Å². The van der Waals surface area contributed by atoms with Gasteiger partial charge in [0.2, 0.25) is 0 Å². The van der Waals surface area contributed by atoms with Gasteiger partial charge >= 0.3 is 0 Å². The van der Waals surface area contributed by atoms with Crippen LogP contribution in [0.4, 0.5) is 10.8 Å². The topological polar surface area (TPSA) is 106 Å². The third-order valence-corrected chi connectivity index (χ3v) is 3.36. The number of anilines is 2. The highest BCUT2D eigenvalue weighted by Crippen LogP contribution is 2.20. The molecule has 0 spiro atoms. The predicted molar refractivity (Wildman–Crippen MR) is 78.7 cm³/mol. The smallest absolute Gasteiger partial charge is 0.278 e. The van der Waals surface area contributed by atoms with Gasteiger partial charge < -0.3 is 5.43 Å². The Balaban J connectivity index is 2.29. The molecule has 1 amide bonds. The number of hydrazine groups is 1. The highest BCUT2D eigenvalue weighted by atomic mass is 32.1. The third kappa shape index (κ3) is 3.09. The number of rotatable bonds is 4. The summed E-state index contributed by atoms with van der Waals surface area (Å²) >= 11 is 1.40. The number of nitrogens with two attached hydrogens (primary N) is 1. The number of carbonyl (C=O) groups is 1. The molecule has 2 heterocycles.